The van der Waals surface area contributed by atoms with Crippen molar-refractivity contribution < 1.29 is 0 Å². The summed E-state index contributed by atoms with van der Waals surface area (Å²) in [7, 11) is 0. The first-order valence-electron chi connectivity index (χ1n) is 9.01. The molecule has 1 aromatic carbocycles. The average Bonchev–Trinajstić information content (AvgIpc) is 3.12. The van der Waals surface area contributed by atoms with E-state index < -0.39 is 0 Å². The number of aryl methyl sites for hydroxylation is 1. The SMILES string of the molecule is CCCc1cc(-c2ccc(Cl)cc2)nc2c(C#Cc3ccc(N)nc3)cnn12. The van der Waals surface area contributed by atoms with Gasteiger partial charge in [0.25, 0.3) is 0 Å². The van der Waals surface area contributed by atoms with Crippen LogP contribution in [-0.2, 0) is 6.42 Å². The first-order chi connectivity index (χ1) is 13.6. The summed E-state index contributed by atoms with van der Waals surface area (Å²) in [5, 5.41) is 5.21. The van der Waals surface area contributed by atoms with E-state index in [1.807, 2.05) is 34.8 Å². The second-order valence-corrected chi connectivity index (χ2v) is 6.84. The normalized spacial score (nSPS) is 10.6. The Morgan fingerprint density at radius 2 is 1.89 bits per heavy atom. The summed E-state index contributed by atoms with van der Waals surface area (Å²) in [5.41, 5.74) is 10.9. The van der Waals surface area contributed by atoms with Crippen molar-refractivity contribution in [3.05, 3.63) is 76.7 Å². The van der Waals surface area contributed by atoms with Crippen LogP contribution >= 0.6 is 11.6 Å². The zero-order valence-electron chi connectivity index (χ0n) is 15.4. The van der Waals surface area contributed by atoms with Gasteiger partial charge >= 0.3 is 0 Å². The van der Waals surface area contributed by atoms with Crippen LogP contribution < -0.4 is 5.73 Å². The van der Waals surface area contributed by atoms with Crippen LogP contribution in [0.25, 0.3) is 16.9 Å². The minimum Gasteiger partial charge on any atom is -0.384 e. The van der Waals surface area contributed by atoms with E-state index >= 15 is 0 Å². The Balaban J connectivity index is 1.82. The Kier molecular flexibility index (Phi) is 4.96. The molecular formula is C22H18ClN5. The third-order valence-electron chi connectivity index (χ3n) is 4.32. The molecule has 2 N–H and O–H groups in total. The number of hydrogen-bond donors (Lipinski definition) is 1. The Bertz CT molecular complexity index is 1180. The molecule has 0 saturated heterocycles. The maximum absolute atomic E-state index is 6.03. The molecule has 0 radical (unpaired) electrons. The molecule has 4 rings (SSSR count). The molecule has 0 aliphatic rings. The van der Waals surface area contributed by atoms with Gasteiger partial charge in [0.05, 0.1) is 17.5 Å². The molecule has 138 valence electrons. The van der Waals surface area contributed by atoms with Gasteiger partial charge in [0.1, 0.15) is 5.82 Å². The molecule has 0 aliphatic heterocycles. The minimum atomic E-state index is 0.472. The number of fused-ring (bicyclic) bond motifs is 1. The quantitative estimate of drug-likeness (QED) is 0.529. The summed E-state index contributed by atoms with van der Waals surface area (Å²) in [6.07, 6.45) is 5.32. The largest absolute Gasteiger partial charge is 0.384 e. The number of benzene rings is 1. The molecule has 0 fully saturated rings. The van der Waals surface area contributed by atoms with E-state index in [9.17, 15) is 0 Å². The Hall–Kier alpha value is -3.36. The van der Waals surface area contributed by atoms with E-state index in [2.05, 4.69) is 34.9 Å². The molecule has 3 aromatic heterocycles. The van der Waals surface area contributed by atoms with E-state index in [0.29, 0.717) is 10.8 Å². The highest BCUT2D eigenvalue weighted by Gasteiger charge is 2.11. The number of pyridine rings is 1. The minimum absolute atomic E-state index is 0.472. The zero-order chi connectivity index (χ0) is 19.5. The van der Waals surface area contributed by atoms with Gasteiger partial charge in [-0.25, -0.2) is 14.5 Å². The number of hydrogen-bond acceptors (Lipinski definition) is 4. The molecule has 0 spiro atoms. The van der Waals surface area contributed by atoms with Crippen molar-refractivity contribution in [3.8, 4) is 23.1 Å². The Morgan fingerprint density at radius 1 is 1.07 bits per heavy atom. The van der Waals surface area contributed by atoms with Gasteiger partial charge < -0.3 is 5.73 Å². The molecule has 0 unspecified atom stereocenters. The molecule has 3 heterocycles. The van der Waals surface area contributed by atoms with Crippen LogP contribution in [-0.4, -0.2) is 19.6 Å². The van der Waals surface area contributed by atoms with Gasteiger partial charge in [0, 0.05) is 28.0 Å². The third-order valence-corrected chi connectivity index (χ3v) is 4.57. The van der Waals surface area contributed by atoms with Crippen LogP contribution in [0, 0.1) is 11.8 Å². The molecule has 0 atom stereocenters. The van der Waals surface area contributed by atoms with Crippen LogP contribution in [0.5, 0.6) is 0 Å². The maximum atomic E-state index is 6.03. The van der Waals surface area contributed by atoms with Crippen molar-refractivity contribution >= 4 is 23.1 Å². The molecule has 0 aliphatic carbocycles. The summed E-state index contributed by atoms with van der Waals surface area (Å²) >= 11 is 6.03. The summed E-state index contributed by atoms with van der Waals surface area (Å²) in [4.78, 5) is 8.89. The predicted molar refractivity (Wildman–Crippen MR) is 112 cm³/mol. The van der Waals surface area contributed by atoms with Crippen molar-refractivity contribution in [1.82, 2.24) is 19.6 Å². The van der Waals surface area contributed by atoms with Crippen molar-refractivity contribution in [2.24, 2.45) is 0 Å². The number of nitrogens with two attached hydrogens (primary N) is 1. The molecule has 5 nitrogen and oxygen atoms in total. The highest BCUT2D eigenvalue weighted by atomic mass is 35.5. The number of nitrogens with zero attached hydrogens (tertiary/aromatic N) is 4. The van der Waals surface area contributed by atoms with Crippen molar-refractivity contribution in [2.75, 3.05) is 5.73 Å². The fourth-order valence-electron chi connectivity index (χ4n) is 2.93. The fraction of sp³-hybridized carbons (Fsp3) is 0.136. The van der Waals surface area contributed by atoms with Gasteiger partial charge in [-0.3, -0.25) is 0 Å². The number of anilines is 1. The van der Waals surface area contributed by atoms with Gasteiger partial charge in [-0.1, -0.05) is 48.9 Å². The number of nitrogen functional groups attached to an aromatic ring is 1. The third kappa shape index (κ3) is 3.68. The summed E-state index contributed by atoms with van der Waals surface area (Å²) in [6.45, 7) is 2.15. The van der Waals surface area contributed by atoms with Crippen LogP contribution in [0.4, 0.5) is 5.82 Å². The van der Waals surface area contributed by atoms with E-state index in [4.69, 9.17) is 22.3 Å². The zero-order valence-corrected chi connectivity index (χ0v) is 16.1. The lowest BCUT2D eigenvalue weighted by molar-refractivity contribution is 0.797. The Morgan fingerprint density at radius 3 is 2.61 bits per heavy atom. The number of rotatable bonds is 3. The van der Waals surface area contributed by atoms with Crippen LogP contribution in [0.15, 0.2) is 54.9 Å². The highest BCUT2D eigenvalue weighted by molar-refractivity contribution is 6.30. The summed E-state index contributed by atoms with van der Waals surface area (Å²) in [5.74, 6) is 6.74. The molecule has 28 heavy (non-hydrogen) atoms. The van der Waals surface area contributed by atoms with Gasteiger partial charge in [0.2, 0.25) is 0 Å². The highest BCUT2D eigenvalue weighted by Crippen LogP contribution is 2.23. The van der Waals surface area contributed by atoms with Crippen molar-refractivity contribution in [2.45, 2.75) is 19.8 Å². The topological polar surface area (TPSA) is 69.1 Å². The second-order valence-electron chi connectivity index (χ2n) is 6.41. The van der Waals surface area contributed by atoms with Gasteiger partial charge in [-0.05, 0) is 36.8 Å². The first kappa shape index (κ1) is 18.0. The second kappa shape index (κ2) is 7.71. The molecule has 6 heteroatoms. The van der Waals surface area contributed by atoms with E-state index in [1.54, 1.807) is 18.5 Å². The van der Waals surface area contributed by atoms with E-state index in [1.165, 1.54) is 0 Å². The smallest absolute Gasteiger partial charge is 0.171 e. The van der Waals surface area contributed by atoms with Crippen LogP contribution in [0.2, 0.25) is 5.02 Å². The van der Waals surface area contributed by atoms with Crippen LogP contribution in [0.1, 0.15) is 30.2 Å². The van der Waals surface area contributed by atoms with Gasteiger partial charge in [-0.15, -0.1) is 0 Å². The molecular weight excluding hydrogens is 370 g/mol. The van der Waals surface area contributed by atoms with E-state index in [0.717, 1.165) is 46.6 Å². The van der Waals surface area contributed by atoms with E-state index in [-0.39, 0.29) is 0 Å². The fourth-order valence-corrected chi connectivity index (χ4v) is 3.06. The summed E-state index contributed by atoms with van der Waals surface area (Å²) in [6, 6.07) is 13.3. The number of aromatic nitrogens is 4. The van der Waals surface area contributed by atoms with Crippen LogP contribution in [0.3, 0.4) is 0 Å². The lowest BCUT2D eigenvalue weighted by Gasteiger charge is -2.08. The van der Waals surface area contributed by atoms with Crippen molar-refractivity contribution in [1.29, 1.82) is 0 Å². The molecule has 0 amide bonds. The molecule has 4 aromatic rings. The first-order valence-corrected chi connectivity index (χ1v) is 9.39. The monoisotopic (exact) mass is 387 g/mol. The predicted octanol–water partition coefficient (Wildman–Crippen LogP) is 4.38. The molecule has 0 saturated carbocycles. The van der Waals surface area contributed by atoms with Gasteiger partial charge in [-0.2, -0.15) is 5.10 Å². The lowest BCUT2D eigenvalue weighted by Crippen LogP contribution is -2.02. The lowest BCUT2D eigenvalue weighted by atomic mass is 10.1. The Labute approximate surface area is 168 Å². The number of halogens is 1. The van der Waals surface area contributed by atoms with Gasteiger partial charge in [0.15, 0.2) is 5.65 Å². The maximum Gasteiger partial charge on any atom is 0.171 e. The standard InChI is InChI=1S/C22H18ClN5/c1-2-3-19-12-20(16-7-9-18(23)10-8-16)27-22-17(14-26-28(19)22)6-4-15-5-11-21(24)25-13-15/h5,7-14H,2-3H2,1H3,(H2,24,25). The average molecular weight is 388 g/mol. The summed E-state index contributed by atoms with van der Waals surface area (Å²) < 4.78 is 1.87. The van der Waals surface area contributed by atoms with Crippen molar-refractivity contribution in [3.63, 3.8) is 0 Å². The molecule has 0 bridgehead atoms.